The Bertz CT molecular complexity index is 243. The van der Waals surface area contributed by atoms with Gasteiger partial charge in [0.25, 0.3) is 0 Å². The van der Waals surface area contributed by atoms with Crippen molar-refractivity contribution in [3.05, 3.63) is 0 Å². The number of hydrogen-bond donors (Lipinski definition) is 2. The molecule has 2 N–H and O–H groups in total. The Labute approximate surface area is 105 Å². The van der Waals surface area contributed by atoms with Crippen molar-refractivity contribution in [3.8, 4) is 0 Å². The van der Waals surface area contributed by atoms with Gasteiger partial charge in [-0.3, -0.25) is 4.99 Å². The molecule has 17 heavy (non-hydrogen) atoms. The molecule has 0 bridgehead atoms. The minimum absolute atomic E-state index is 0.499. The van der Waals surface area contributed by atoms with E-state index in [1.54, 1.807) is 0 Å². The SMILES string of the molecule is CCNC(=NCC(O)(CC)CC)N1CCCC1. The first-order chi connectivity index (χ1) is 8.15. The van der Waals surface area contributed by atoms with Crippen LogP contribution in [0.3, 0.4) is 0 Å². The first-order valence-corrected chi connectivity index (χ1v) is 6.91. The maximum absolute atomic E-state index is 10.2. The smallest absolute Gasteiger partial charge is 0.194 e. The molecule has 1 aliphatic heterocycles. The first-order valence-electron chi connectivity index (χ1n) is 6.91. The molecule has 1 aliphatic rings. The fourth-order valence-electron chi connectivity index (χ4n) is 2.05. The molecule has 0 unspecified atom stereocenters. The minimum Gasteiger partial charge on any atom is -0.388 e. The van der Waals surface area contributed by atoms with E-state index in [0.29, 0.717) is 6.54 Å². The summed E-state index contributed by atoms with van der Waals surface area (Å²) in [6.45, 7) is 9.66. The third-order valence-corrected chi connectivity index (χ3v) is 3.58. The second-order valence-corrected chi connectivity index (χ2v) is 4.80. The molecule has 4 nitrogen and oxygen atoms in total. The van der Waals surface area contributed by atoms with Crippen molar-refractivity contribution in [2.75, 3.05) is 26.2 Å². The summed E-state index contributed by atoms with van der Waals surface area (Å²) in [6.07, 6.45) is 4.01. The van der Waals surface area contributed by atoms with Crippen LogP contribution in [0.1, 0.15) is 46.5 Å². The lowest BCUT2D eigenvalue weighted by Gasteiger charge is -2.26. The Kier molecular flexibility index (Phi) is 5.75. The average molecular weight is 241 g/mol. The third kappa shape index (κ3) is 4.19. The summed E-state index contributed by atoms with van der Waals surface area (Å²) in [4.78, 5) is 6.88. The third-order valence-electron chi connectivity index (χ3n) is 3.58. The van der Waals surface area contributed by atoms with Crippen LogP contribution in [0, 0.1) is 0 Å². The van der Waals surface area contributed by atoms with E-state index in [4.69, 9.17) is 0 Å². The van der Waals surface area contributed by atoms with Crippen LogP contribution in [0.25, 0.3) is 0 Å². The van der Waals surface area contributed by atoms with Crippen molar-refractivity contribution in [1.29, 1.82) is 0 Å². The summed E-state index contributed by atoms with van der Waals surface area (Å²) in [7, 11) is 0. The quantitative estimate of drug-likeness (QED) is 0.568. The van der Waals surface area contributed by atoms with Crippen LogP contribution in [0.2, 0.25) is 0 Å². The molecule has 0 radical (unpaired) electrons. The number of rotatable bonds is 5. The predicted octanol–water partition coefficient (Wildman–Crippen LogP) is 1.60. The largest absolute Gasteiger partial charge is 0.388 e. The van der Waals surface area contributed by atoms with E-state index in [-0.39, 0.29) is 0 Å². The van der Waals surface area contributed by atoms with Gasteiger partial charge < -0.3 is 15.3 Å². The number of nitrogens with one attached hydrogen (secondary N) is 1. The summed E-state index contributed by atoms with van der Waals surface area (Å²) in [6, 6.07) is 0. The average Bonchev–Trinajstić information content (AvgIpc) is 2.87. The number of likely N-dealkylation sites (tertiary alicyclic amines) is 1. The molecule has 1 heterocycles. The maximum Gasteiger partial charge on any atom is 0.194 e. The highest BCUT2D eigenvalue weighted by Crippen LogP contribution is 2.15. The molecule has 0 aromatic rings. The summed E-state index contributed by atoms with van der Waals surface area (Å²) in [5.41, 5.74) is -0.638. The molecule has 1 rings (SSSR count). The van der Waals surface area contributed by atoms with Crippen LogP contribution < -0.4 is 5.32 Å². The van der Waals surface area contributed by atoms with E-state index < -0.39 is 5.60 Å². The lowest BCUT2D eigenvalue weighted by molar-refractivity contribution is 0.0416. The van der Waals surface area contributed by atoms with Crippen molar-refractivity contribution in [1.82, 2.24) is 10.2 Å². The number of nitrogens with zero attached hydrogens (tertiary/aromatic N) is 2. The van der Waals surface area contributed by atoms with Crippen LogP contribution >= 0.6 is 0 Å². The summed E-state index contributed by atoms with van der Waals surface area (Å²) < 4.78 is 0. The van der Waals surface area contributed by atoms with Gasteiger partial charge in [0.2, 0.25) is 0 Å². The highest BCUT2D eigenvalue weighted by Gasteiger charge is 2.23. The van der Waals surface area contributed by atoms with Gasteiger partial charge in [-0.05, 0) is 32.6 Å². The molecular weight excluding hydrogens is 214 g/mol. The van der Waals surface area contributed by atoms with Gasteiger partial charge in [-0.2, -0.15) is 0 Å². The van der Waals surface area contributed by atoms with Gasteiger partial charge in [0.15, 0.2) is 5.96 Å². The zero-order chi connectivity index (χ0) is 12.7. The van der Waals surface area contributed by atoms with E-state index in [1.807, 2.05) is 13.8 Å². The maximum atomic E-state index is 10.2. The van der Waals surface area contributed by atoms with Gasteiger partial charge in [0.05, 0.1) is 12.1 Å². The molecule has 0 aromatic carbocycles. The van der Waals surface area contributed by atoms with E-state index in [0.717, 1.165) is 38.4 Å². The molecule has 0 spiro atoms. The molecule has 0 aromatic heterocycles. The number of aliphatic hydroxyl groups is 1. The predicted molar refractivity (Wildman–Crippen MR) is 72.3 cm³/mol. The lowest BCUT2D eigenvalue weighted by Crippen LogP contribution is -2.41. The van der Waals surface area contributed by atoms with Gasteiger partial charge in [0.1, 0.15) is 0 Å². The lowest BCUT2D eigenvalue weighted by atomic mass is 9.98. The summed E-state index contributed by atoms with van der Waals surface area (Å²) >= 11 is 0. The van der Waals surface area contributed by atoms with Crippen LogP contribution in [0.4, 0.5) is 0 Å². The molecule has 0 aliphatic carbocycles. The monoisotopic (exact) mass is 241 g/mol. The molecule has 4 heteroatoms. The zero-order valence-corrected chi connectivity index (χ0v) is 11.5. The Hall–Kier alpha value is -0.770. The fourth-order valence-corrected chi connectivity index (χ4v) is 2.05. The van der Waals surface area contributed by atoms with Crippen molar-refractivity contribution < 1.29 is 5.11 Å². The molecule has 0 saturated carbocycles. The van der Waals surface area contributed by atoms with Gasteiger partial charge in [-0.25, -0.2) is 0 Å². The molecule has 0 atom stereocenters. The van der Waals surface area contributed by atoms with Gasteiger partial charge in [-0.15, -0.1) is 0 Å². The molecule has 100 valence electrons. The Morgan fingerprint density at radius 3 is 2.29 bits per heavy atom. The van der Waals surface area contributed by atoms with Crippen LogP contribution in [0.5, 0.6) is 0 Å². The Morgan fingerprint density at radius 1 is 1.24 bits per heavy atom. The van der Waals surface area contributed by atoms with Crippen molar-refractivity contribution in [2.45, 2.75) is 52.1 Å². The normalized spacial score (nSPS) is 17.6. The molecular formula is C13H27N3O. The molecule has 1 saturated heterocycles. The van der Waals surface area contributed by atoms with Crippen LogP contribution in [0.15, 0.2) is 4.99 Å². The zero-order valence-electron chi connectivity index (χ0n) is 11.5. The second-order valence-electron chi connectivity index (χ2n) is 4.80. The van der Waals surface area contributed by atoms with Crippen molar-refractivity contribution >= 4 is 5.96 Å². The van der Waals surface area contributed by atoms with Crippen molar-refractivity contribution in [3.63, 3.8) is 0 Å². The number of hydrogen-bond acceptors (Lipinski definition) is 2. The van der Waals surface area contributed by atoms with Crippen LogP contribution in [-0.4, -0.2) is 47.7 Å². The van der Waals surface area contributed by atoms with E-state index in [2.05, 4.69) is 22.1 Å². The van der Waals surface area contributed by atoms with E-state index in [9.17, 15) is 5.11 Å². The number of aliphatic imine (C=N–C) groups is 1. The van der Waals surface area contributed by atoms with E-state index in [1.165, 1.54) is 12.8 Å². The first kappa shape index (κ1) is 14.3. The standard InChI is InChI=1S/C13H27N3O/c1-4-13(17,5-2)11-15-12(14-6-3)16-9-7-8-10-16/h17H,4-11H2,1-3H3,(H,14,15). The highest BCUT2D eigenvalue weighted by atomic mass is 16.3. The van der Waals surface area contributed by atoms with Crippen molar-refractivity contribution in [2.24, 2.45) is 4.99 Å². The van der Waals surface area contributed by atoms with Crippen LogP contribution in [-0.2, 0) is 0 Å². The highest BCUT2D eigenvalue weighted by molar-refractivity contribution is 5.80. The fraction of sp³-hybridized carbons (Fsp3) is 0.923. The molecule has 0 amide bonds. The second kappa shape index (κ2) is 6.84. The summed E-state index contributed by atoms with van der Waals surface area (Å²) in [5, 5.41) is 13.5. The van der Waals surface area contributed by atoms with Gasteiger partial charge >= 0.3 is 0 Å². The Balaban J connectivity index is 2.62. The van der Waals surface area contributed by atoms with Gasteiger partial charge in [-0.1, -0.05) is 13.8 Å². The summed E-state index contributed by atoms with van der Waals surface area (Å²) in [5.74, 6) is 0.963. The Morgan fingerprint density at radius 2 is 1.82 bits per heavy atom. The molecule has 1 fully saturated rings. The minimum atomic E-state index is -0.638. The topological polar surface area (TPSA) is 47.9 Å². The van der Waals surface area contributed by atoms with Gasteiger partial charge in [0, 0.05) is 19.6 Å². The number of guanidine groups is 1. The van der Waals surface area contributed by atoms with E-state index >= 15 is 0 Å².